The van der Waals surface area contributed by atoms with Crippen LogP contribution in [-0.4, -0.2) is 30.0 Å². The molecule has 132 valence electrons. The highest BCUT2D eigenvalue weighted by Gasteiger charge is 2.21. The van der Waals surface area contributed by atoms with Crippen LogP contribution in [-0.2, 0) is 4.79 Å². The maximum absolute atomic E-state index is 12.0. The SMILES string of the molecule is Cc1coc(-c2ccc(C)c(NC(=O)NCC(=O)NCC3CC3)c2)n1. The van der Waals surface area contributed by atoms with Gasteiger partial charge in [-0.1, -0.05) is 6.07 Å². The summed E-state index contributed by atoms with van der Waals surface area (Å²) >= 11 is 0. The molecule has 1 aromatic carbocycles. The summed E-state index contributed by atoms with van der Waals surface area (Å²) in [5, 5.41) is 8.13. The Kier molecular flexibility index (Phi) is 5.02. The average molecular weight is 342 g/mol. The lowest BCUT2D eigenvalue weighted by atomic mass is 10.1. The zero-order valence-corrected chi connectivity index (χ0v) is 14.4. The van der Waals surface area contributed by atoms with Crippen LogP contribution in [0.5, 0.6) is 0 Å². The van der Waals surface area contributed by atoms with Gasteiger partial charge in [0.2, 0.25) is 11.8 Å². The highest BCUT2D eigenvalue weighted by atomic mass is 16.3. The maximum Gasteiger partial charge on any atom is 0.319 e. The Balaban J connectivity index is 1.55. The Morgan fingerprint density at radius 3 is 2.72 bits per heavy atom. The topological polar surface area (TPSA) is 96.3 Å². The van der Waals surface area contributed by atoms with Crippen molar-refractivity contribution in [3.05, 3.63) is 35.7 Å². The highest BCUT2D eigenvalue weighted by molar-refractivity contribution is 5.93. The lowest BCUT2D eigenvalue weighted by Gasteiger charge is -2.11. The minimum atomic E-state index is -0.426. The van der Waals surface area contributed by atoms with Crippen molar-refractivity contribution in [3.63, 3.8) is 0 Å². The van der Waals surface area contributed by atoms with Crippen LogP contribution in [0, 0.1) is 19.8 Å². The first-order valence-electron chi connectivity index (χ1n) is 8.36. The number of oxazole rings is 1. The minimum absolute atomic E-state index is 0.0454. The van der Waals surface area contributed by atoms with Crippen LogP contribution in [0.2, 0.25) is 0 Å². The summed E-state index contributed by atoms with van der Waals surface area (Å²) in [5.41, 5.74) is 3.11. The van der Waals surface area contributed by atoms with E-state index in [1.54, 1.807) is 12.3 Å². The van der Waals surface area contributed by atoms with E-state index in [1.807, 2.05) is 26.0 Å². The van der Waals surface area contributed by atoms with Gasteiger partial charge in [-0.25, -0.2) is 9.78 Å². The van der Waals surface area contributed by atoms with Gasteiger partial charge in [-0.2, -0.15) is 0 Å². The smallest absolute Gasteiger partial charge is 0.319 e. The van der Waals surface area contributed by atoms with Crippen LogP contribution in [0.25, 0.3) is 11.5 Å². The van der Waals surface area contributed by atoms with E-state index in [2.05, 4.69) is 20.9 Å². The van der Waals surface area contributed by atoms with Crippen molar-refractivity contribution in [2.24, 2.45) is 5.92 Å². The Morgan fingerprint density at radius 2 is 2.04 bits per heavy atom. The van der Waals surface area contributed by atoms with Gasteiger partial charge in [0.25, 0.3) is 0 Å². The summed E-state index contributed by atoms with van der Waals surface area (Å²) in [7, 11) is 0. The molecule has 0 radical (unpaired) electrons. The van der Waals surface area contributed by atoms with Crippen molar-refractivity contribution >= 4 is 17.6 Å². The quantitative estimate of drug-likeness (QED) is 0.752. The highest BCUT2D eigenvalue weighted by Crippen LogP contribution is 2.27. The maximum atomic E-state index is 12.0. The Hall–Kier alpha value is -2.83. The molecule has 7 nitrogen and oxygen atoms in total. The molecule has 3 N–H and O–H groups in total. The van der Waals surface area contributed by atoms with Crippen LogP contribution in [0.15, 0.2) is 28.9 Å². The second-order valence-corrected chi connectivity index (χ2v) is 6.38. The minimum Gasteiger partial charge on any atom is -0.444 e. The Labute approximate surface area is 146 Å². The molecule has 0 spiro atoms. The van der Waals surface area contributed by atoms with Crippen LogP contribution < -0.4 is 16.0 Å². The molecule has 3 rings (SSSR count). The normalized spacial score (nSPS) is 13.4. The van der Waals surface area contributed by atoms with Gasteiger partial charge in [-0.3, -0.25) is 4.79 Å². The van der Waals surface area contributed by atoms with E-state index >= 15 is 0 Å². The summed E-state index contributed by atoms with van der Waals surface area (Å²) in [6.07, 6.45) is 3.93. The molecular weight excluding hydrogens is 320 g/mol. The van der Waals surface area contributed by atoms with Crippen molar-refractivity contribution < 1.29 is 14.0 Å². The summed E-state index contributed by atoms with van der Waals surface area (Å²) in [6, 6.07) is 5.14. The summed E-state index contributed by atoms with van der Waals surface area (Å²) < 4.78 is 5.39. The molecule has 0 unspecified atom stereocenters. The fourth-order valence-electron chi connectivity index (χ4n) is 2.35. The van der Waals surface area contributed by atoms with Gasteiger partial charge in [-0.05, 0) is 50.3 Å². The largest absolute Gasteiger partial charge is 0.444 e. The molecule has 1 saturated carbocycles. The summed E-state index contributed by atoms with van der Waals surface area (Å²) in [5.74, 6) is 0.935. The number of aromatic nitrogens is 1. The van der Waals surface area contributed by atoms with Gasteiger partial charge in [0.1, 0.15) is 6.26 Å². The van der Waals surface area contributed by atoms with Crippen molar-refractivity contribution in [3.8, 4) is 11.5 Å². The zero-order valence-electron chi connectivity index (χ0n) is 14.4. The molecular formula is C18H22N4O3. The number of hydrogen-bond acceptors (Lipinski definition) is 4. The second-order valence-electron chi connectivity index (χ2n) is 6.38. The molecule has 0 aliphatic heterocycles. The lowest BCUT2D eigenvalue weighted by molar-refractivity contribution is -0.120. The fourth-order valence-corrected chi connectivity index (χ4v) is 2.35. The van der Waals surface area contributed by atoms with Crippen molar-refractivity contribution in [2.45, 2.75) is 26.7 Å². The zero-order chi connectivity index (χ0) is 17.8. The van der Waals surface area contributed by atoms with Crippen molar-refractivity contribution in [2.75, 3.05) is 18.4 Å². The second kappa shape index (κ2) is 7.38. The molecule has 2 aromatic rings. The van der Waals surface area contributed by atoms with Crippen LogP contribution in [0.4, 0.5) is 10.5 Å². The number of carbonyl (C=O) groups is 2. The fraction of sp³-hybridized carbons (Fsp3) is 0.389. The van der Waals surface area contributed by atoms with E-state index in [-0.39, 0.29) is 12.5 Å². The number of anilines is 1. The molecule has 0 bridgehead atoms. The van der Waals surface area contributed by atoms with E-state index in [0.717, 1.165) is 16.8 Å². The third kappa shape index (κ3) is 4.82. The number of amides is 3. The molecule has 1 aromatic heterocycles. The molecule has 25 heavy (non-hydrogen) atoms. The number of nitrogens with one attached hydrogen (secondary N) is 3. The molecule has 1 aliphatic rings. The van der Waals surface area contributed by atoms with Crippen molar-refractivity contribution in [1.82, 2.24) is 15.6 Å². The molecule has 1 fully saturated rings. The average Bonchev–Trinajstić information content (AvgIpc) is 3.32. The predicted molar refractivity (Wildman–Crippen MR) is 94.2 cm³/mol. The van der Waals surface area contributed by atoms with Crippen molar-refractivity contribution in [1.29, 1.82) is 0 Å². The summed E-state index contributed by atoms with van der Waals surface area (Å²) in [4.78, 5) is 28.0. The molecule has 0 saturated heterocycles. The van der Waals surface area contributed by atoms with E-state index in [9.17, 15) is 9.59 Å². The van der Waals surface area contributed by atoms with Gasteiger partial charge in [0.15, 0.2) is 0 Å². The van der Waals surface area contributed by atoms with Gasteiger partial charge in [0.05, 0.1) is 12.2 Å². The first-order valence-corrected chi connectivity index (χ1v) is 8.36. The molecule has 1 aliphatic carbocycles. The third-order valence-corrected chi connectivity index (χ3v) is 4.05. The molecule has 0 atom stereocenters. The molecule has 7 heteroatoms. The van der Waals surface area contributed by atoms with E-state index < -0.39 is 6.03 Å². The summed E-state index contributed by atoms with van der Waals surface area (Å²) in [6.45, 7) is 4.39. The van der Waals surface area contributed by atoms with Gasteiger partial charge in [-0.15, -0.1) is 0 Å². The van der Waals surface area contributed by atoms with Gasteiger partial charge in [0, 0.05) is 17.8 Å². The number of urea groups is 1. The van der Waals surface area contributed by atoms with E-state index in [1.165, 1.54) is 12.8 Å². The van der Waals surface area contributed by atoms with Crippen LogP contribution >= 0.6 is 0 Å². The Morgan fingerprint density at radius 1 is 1.24 bits per heavy atom. The standard InChI is InChI=1S/C18H22N4O3/c1-11-3-6-14(17-21-12(2)10-25-17)7-15(11)22-18(24)20-9-16(23)19-8-13-4-5-13/h3,6-7,10,13H,4-5,8-9H2,1-2H3,(H,19,23)(H2,20,22,24). The first-order chi connectivity index (χ1) is 12.0. The number of hydrogen-bond donors (Lipinski definition) is 3. The van der Waals surface area contributed by atoms with Crippen LogP contribution in [0.3, 0.4) is 0 Å². The van der Waals surface area contributed by atoms with Gasteiger partial charge >= 0.3 is 6.03 Å². The monoisotopic (exact) mass is 342 g/mol. The third-order valence-electron chi connectivity index (χ3n) is 4.05. The Bertz CT molecular complexity index is 780. The van der Waals surface area contributed by atoms with E-state index in [0.29, 0.717) is 24.0 Å². The first kappa shape index (κ1) is 17.0. The van der Waals surface area contributed by atoms with Crippen LogP contribution in [0.1, 0.15) is 24.1 Å². The molecule has 3 amide bonds. The number of carbonyl (C=O) groups excluding carboxylic acids is 2. The number of aryl methyl sites for hydroxylation is 2. The van der Waals surface area contributed by atoms with E-state index in [4.69, 9.17) is 4.42 Å². The predicted octanol–water partition coefficient (Wildman–Crippen LogP) is 2.61. The van der Waals surface area contributed by atoms with Gasteiger partial charge < -0.3 is 20.4 Å². The number of benzene rings is 1. The molecule has 1 heterocycles. The lowest BCUT2D eigenvalue weighted by Crippen LogP contribution is -2.39. The number of rotatable bonds is 6. The number of nitrogens with zero attached hydrogens (tertiary/aromatic N) is 1.